The maximum atomic E-state index is 15.2. The van der Waals surface area contributed by atoms with E-state index in [0.29, 0.717) is 10.8 Å². The van der Waals surface area contributed by atoms with Crippen molar-refractivity contribution in [2.45, 2.75) is 96.3 Å². The monoisotopic (exact) mass is 438 g/mol. The van der Waals surface area contributed by atoms with E-state index in [1.54, 1.807) is 12.1 Å². The number of fused-ring (bicyclic) bond motifs is 2. The third kappa shape index (κ3) is 5.43. The molecule has 0 saturated heterocycles. The number of hydrogen-bond donors (Lipinski definition) is 0. The van der Waals surface area contributed by atoms with Crippen LogP contribution in [0.25, 0.3) is 10.8 Å². The summed E-state index contributed by atoms with van der Waals surface area (Å²) >= 11 is 0. The largest absolute Gasteiger partial charge is 0.207 e. The van der Waals surface area contributed by atoms with Crippen LogP contribution in [-0.2, 0) is 6.42 Å². The van der Waals surface area contributed by atoms with Gasteiger partial charge in [0, 0.05) is 5.39 Å². The summed E-state index contributed by atoms with van der Waals surface area (Å²) in [5, 5.41) is 1.25. The van der Waals surface area contributed by atoms with Gasteiger partial charge in [-0.1, -0.05) is 57.6 Å². The van der Waals surface area contributed by atoms with Crippen LogP contribution in [0.2, 0.25) is 0 Å². The number of halogens is 2. The van der Waals surface area contributed by atoms with Crippen LogP contribution < -0.4 is 0 Å². The maximum absolute atomic E-state index is 15.2. The Morgan fingerprint density at radius 1 is 0.906 bits per heavy atom. The molecule has 2 unspecified atom stereocenters. The van der Waals surface area contributed by atoms with Crippen LogP contribution in [0, 0.1) is 29.4 Å². The zero-order chi connectivity index (χ0) is 22.5. The SMILES string of the molecule is C=CCCc1cc(F)c2cc([C@@H]3CC[C@@H]4CC(CCCCCC)CCC4C3)c(F)cc2c1. The zero-order valence-electron chi connectivity index (χ0n) is 19.9. The fourth-order valence-electron chi connectivity index (χ4n) is 6.53. The third-order valence-electron chi connectivity index (χ3n) is 8.34. The summed E-state index contributed by atoms with van der Waals surface area (Å²) < 4.78 is 30.0. The molecule has 2 aliphatic rings. The molecule has 0 radical (unpaired) electrons. The summed E-state index contributed by atoms with van der Waals surface area (Å²) in [6, 6.07) is 6.95. The second-order valence-corrected chi connectivity index (χ2v) is 10.6. The highest BCUT2D eigenvalue weighted by Gasteiger charge is 2.36. The highest BCUT2D eigenvalue weighted by atomic mass is 19.1. The van der Waals surface area contributed by atoms with E-state index >= 15 is 4.39 Å². The fourth-order valence-corrected chi connectivity index (χ4v) is 6.53. The summed E-state index contributed by atoms with van der Waals surface area (Å²) in [4.78, 5) is 0. The van der Waals surface area contributed by atoms with Gasteiger partial charge in [-0.3, -0.25) is 0 Å². The average molecular weight is 439 g/mol. The Balaban J connectivity index is 1.43. The Bertz CT molecular complexity index is 915. The molecule has 2 aliphatic carbocycles. The fraction of sp³-hybridized carbons (Fsp3) is 0.600. The molecule has 4 atom stereocenters. The van der Waals surface area contributed by atoms with E-state index in [0.717, 1.165) is 54.6 Å². The quantitative estimate of drug-likeness (QED) is 0.270. The number of aryl methyl sites for hydroxylation is 1. The van der Waals surface area contributed by atoms with Gasteiger partial charge in [-0.15, -0.1) is 6.58 Å². The summed E-state index contributed by atoms with van der Waals surface area (Å²) in [6.07, 6.45) is 17.6. The highest BCUT2D eigenvalue weighted by Crippen LogP contribution is 2.49. The molecule has 0 bridgehead atoms. The van der Waals surface area contributed by atoms with Gasteiger partial charge in [0.05, 0.1) is 0 Å². The molecule has 32 heavy (non-hydrogen) atoms. The Morgan fingerprint density at radius 2 is 1.72 bits per heavy atom. The van der Waals surface area contributed by atoms with Crippen LogP contribution in [0.15, 0.2) is 36.9 Å². The van der Waals surface area contributed by atoms with Crippen molar-refractivity contribution in [1.82, 2.24) is 0 Å². The van der Waals surface area contributed by atoms with E-state index in [1.807, 2.05) is 18.2 Å². The van der Waals surface area contributed by atoms with Gasteiger partial charge in [0.1, 0.15) is 11.6 Å². The lowest BCUT2D eigenvalue weighted by molar-refractivity contribution is 0.112. The minimum Gasteiger partial charge on any atom is -0.207 e. The van der Waals surface area contributed by atoms with E-state index in [1.165, 1.54) is 57.8 Å². The van der Waals surface area contributed by atoms with Crippen molar-refractivity contribution in [2.24, 2.45) is 17.8 Å². The number of benzene rings is 2. The smallest absolute Gasteiger partial charge is 0.131 e. The van der Waals surface area contributed by atoms with Crippen molar-refractivity contribution in [1.29, 1.82) is 0 Å². The first-order valence-electron chi connectivity index (χ1n) is 13.1. The van der Waals surface area contributed by atoms with Gasteiger partial charge in [-0.05, 0) is 103 Å². The third-order valence-corrected chi connectivity index (χ3v) is 8.34. The molecule has 2 saturated carbocycles. The van der Waals surface area contributed by atoms with Crippen molar-refractivity contribution >= 4 is 10.8 Å². The molecule has 0 aliphatic heterocycles. The second kappa shape index (κ2) is 10.9. The summed E-state index contributed by atoms with van der Waals surface area (Å²) in [7, 11) is 0. The van der Waals surface area contributed by atoms with Crippen molar-refractivity contribution < 1.29 is 8.78 Å². The Kier molecular flexibility index (Phi) is 8.02. The molecule has 2 aromatic carbocycles. The number of hydrogen-bond acceptors (Lipinski definition) is 0. The number of allylic oxidation sites excluding steroid dienone is 1. The number of rotatable bonds is 9. The van der Waals surface area contributed by atoms with Crippen molar-refractivity contribution in [3.05, 3.63) is 59.7 Å². The van der Waals surface area contributed by atoms with E-state index in [9.17, 15) is 4.39 Å². The van der Waals surface area contributed by atoms with Crippen LogP contribution in [0.4, 0.5) is 8.78 Å². The summed E-state index contributed by atoms with van der Waals surface area (Å²) in [5.41, 5.74) is 1.66. The molecule has 0 amide bonds. The molecule has 2 aromatic rings. The standard InChI is InChI=1S/C30H40F2/c1-3-5-7-8-10-21-11-12-24-18-25(14-13-23(24)15-21)27-20-28-26(19-30(27)32)16-22(9-6-4-2)17-29(28)31/h4,16-17,19-21,23-25H,2-3,5-15,18H2,1H3/t21?,23-,24?,25-/m1/s1. The lowest BCUT2D eigenvalue weighted by Crippen LogP contribution is -2.30. The molecular formula is C30H40F2. The van der Waals surface area contributed by atoms with Crippen molar-refractivity contribution in [3.63, 3.8) is 0 Å². The van der Waals surface area contributed by atoms with Gasteiger partial charge >= 0.3 is 0 Å². The molecule has 0 N–H and O–H groups in total. The van der Waals surface area contributed by atoms with Crippen LogP contribution in [-0.4, -0.2) is 0 Å². The Hall–Kier alpha value is -1.70. The zero-order valence-corrected chi connectivity index (χ0v) is 19.9. The van der Waals surface area contributed by atoms with Crippen molar-refractivity contribution in [3.8, 4) is 0 Å². The summed E-state index contributed by atoms with van der Waals surface area (Å²) in [6.45, 7) is 6.01. The van der Waals surface area contributed by atoms with Gasteiger partial charge in [-0.25, -0.2) is 8.78 Å². The molecule has 0 heterocycles. The first-order chi connectivity index (χ1) is 15.6. The second-order valence-electron chi connectivity index (χ2n) is 10.6. The predicted molar refractivity (Wildman–Crippen MR) is 132 cm³/mol. The minimum absolute atomic E-state index is 0.147. The van der Waals surface area contributed by atoms with Gasteiger partial charge in [0.2, 0.25) is 0 Å². The van der Waals surface area contributed by atoms with E-state index < -0.39 is 0 Å². The van der Waals surface area contributed by atoms with E-state index in [4.69, 9.17) is 0 Å². The molecule has 2 heteroatoms. The molecular weight excluding hydrogens is 398 g/mol. The first-order valence-corrected chi connectivity index (χ1v) is 13.1. The Morgan fingerprint density at radius 3 is 2.53 bits per heavy atom. The van der Waals surface area contributed by atoms with E-state index in [2.05, 4.69) is 13.5 Å². The van der Waals surface area contributed by atoms with Gasteiger partial charge in [0.25, 0.3) is 0 Å². The van der Waals surface area contributed by atoms with Crippen LogP contribution >= 0.6 is 0 Å². The normalized spacial score (nSPS) is 25.6. The minimum atomic E-state index is -0.222. The van der Waals surface area contributed by atoms with E-state index in [-0.39, 0.29) is 17.6 Å². The first kappa shape index (κ1) is 23.5. The highest BCUT2D eigenvalue weighted by molar-refractivity contribution is 5.85. The lowest BCUT2D eigenvalue weighted by atomic mass is 9.63. The van der Waals surface area contributed by atoms with Crippen LogP contribution in [0.5, 0.6) is 0 Å². The molecule has 0 nitrogen and oxygen atoms in total. The lowest BCUT2D eigenvalue weighted by Gasteiger charge is -2.42. The molecule has 0 spiro atoms. The van der Waals surface area contributed by atoms with Gasteiger partial charge < -0.3 is 0 Å². The molecule has 4 rings (SSSR count). The summed E-state index contributed by atoms with van der Waals surface area (Å²) in [5.74, 6) is 2.32. The Labute approximate surface area is 193 Å². The van der Waals surface area contributed by atoms with Crippen LogP contribution in [0.1, 0.15) is 101 Å². The van der Waals surface area contributed by atoms with Gasteiger partial charge in [-0.2, -0.15) is 0 Å². The van der Waals surface area contributed by atoms with Crippen LogP contribution in [0.3, 0.4) is 0 Å². The molecule has 0 aromatic heterocycles. The van der Waals surface area contributed by atoms with Crippen molar-refractivity contribution in [2.75, 3.05) is 0 Å². The van der Waals surface area contributed by atoms with Gasteiger partial charge in [0.15, 0.2) is 0 Å². The maximum Gasteiger partial charge on any atom is 0.131 e. The molecule has 2 fully saturated rings. The molecule has 174 valence electrons. The number of unbranched alkanes of at least 4 members (excludes halogenated alkanes) is 3. The predicted octanol–water partition coefficient (Wildman–Crippen LogP) is 9.51. The topological polar surface area (TPSA) is 0 Å². The average Bonchev–Trinajstić information content (AvgIpc) is 2.79.